The van der Waals surface area contributed by atoms with Gasteiger partial charge in [0.1, 0.15) is 5.75 Å². The van der Waals surface area contributed by atoms with Crippen LogP contribution in [0.2, 0.25) is 0 Å². The van der Waals surface area contributed by atoms with Gasteiger partial charge in [-0.05, 0) is 37.1 Å². The van der Waals surface area contributed by atoms with Gasteiger partial charge >= 0.3 is 6.18 Å². The zero-order valence-electron chi connectivity index (χ0n) is 11.7. The Labute approximate surface area is 121 Å². The molecule has 3 N–H and O–H groups in total. The fourth-order valence-corrected chi connectivity index (χ4v) is 2.23. The van der Waals surface area contributed by atoms with E-state index >= 15 is 0 Å². The van der Waals surface area contributed by atoms with E-state index in [1.165, 1.54) is 0 Å². The molecule has 21 heavy (non-hydrogen) atoms. The number of aliphatic imine (C=N–C) groups is 1. The molecular weight excluding hydrogens is 283 g/mol. The molecule has 0 atom stereocenters. The molecule has 4 nitrogen and oxygen atoms in total. The molecule has 1 fully saturated rings. The van der Waals surface area contributed by atoms with Crippen LogP contribution in [0.15, 0.2) is 29.3 Å². The molecule has 0 aromatic heterocycles. The van der Waals surface area contributed by atoms with Gasteiger partial charge in [0.25, 0.3) is 0 Å². The molecule has 0 bridgehead atoms. The number of hydrogen-bond acceptors (Lipinski definition) is 2. The number of anilines is 1. The Kier molecular flexibility index (Phi) is 4.29. The summed E-state index contributed by atoms with van der Waals surface area (Å²) in [6, 6.07) is 6.87. The van der Waals surface area contributed by atoms with Crippen LogP contribution in [0.4, 0.5) is 18.9 Å². The van der Waals surface area contributed by atoms with Crippen molar-refractivity contribution < 1.29 is 17.9 Å². The fraction of sp³-hybridized carbons (Fsp3) is 0.500. The zero-order chi connectivity index (χ0) is 15.5. The first kappa shape index (κ1) is 15.5. The Balaban J connectivity index is 1.97. The fourth-order valence-electron chi connectivity index (χ4n) is 2.23. The topological polar surface area (TPSA) is 59.6 Å². The standard InChI is InChI=1S/C14H18F3N3O/c1-21-11-5-3-10(4-6-11)20-12(18)19-9-13(7-2-8-13)14(15,16)17/h3-6H,2,7-9H2,1H3,(H3,18,19,20). The number of rotatable bonds is 4. The molecule has 0 saturated heterocycles. The smallest absolute Gasteiger partial charge is 0.396 e. The van der Waals surface area contributed by atoms with Crippen molar-refractivity contribution in [1.29, 1.82) is 0 Å². The molecule has 116 valence electrons. The molecule has 0 unspecified atom stereocenters. The maximum absolute atomic E-state index is 13.0. The largest absolute Gasteiger partial charge is 0.497 e. The van der Waals surface area contributed by atoms with Crippen LogP contribution in [0.5, 0.6) is 5.75 Å². The number of benzene rings is 1. The van der Waals surface area contributed by atoms with Gasteiger partial charge in [0.05, 0.1) is 19.1 Å². The first-order chi connectivity index (χ1) is 9.86. The Morgan fingerprint density at radius 2 is 1.95 bits per heavy atom. The van der Waals surface area contributed by atoms with E-state index in [0.29, 0.717) is 17.9 Å². The number of methoxy groups -OCH3 is 1. The lowest BCUT2D eigenvalue weighted by atomic mass is 9.68. The summed E-state index contributed by atoms with van der Waals surface area (Å²) in [4.78, 5) is 3.85. The molecule has 7 heteroatoms. The number of nitrogens with one attached hydrogen (secondary N) is 1. The Bertz CT molecular complexity index is 507. The van der Waals surface area contributed by atoms with E-state index in [1.54, 1.807) is 31.4 Å². The third-order valence-corrected chi connectivity index (χ3v) is 3.83. The van der Waals surface area contributed by atoms with Gasteiger partial charge in [-0.1, -0.05) is 6.42 Å². The van der Waals surface area contributed by atoms with Crippen molar-refractivity contribution in [3.8, 4) is 5.75 Å². The maximum Gasteiger partial charge on any atom is 0.396 e. The van der Waals surface area contributed by atoms with Gasteiger partial charge in [0.15, 0.2) is 5.96 Å². The molecule has 1 aromatic rings. The maximum atomic E-state index is 13.0. The second-order valence-corrected chi connectivity index (χ2v) is 5.19. The molecule has 0 spiro atoms. The highest BCUT2D eigenvalue weighted by Crippen LogP contribution is 2.53. The molecule has 1 saturated carbocycles. The summed E-state index contributed by atoms with van der Waals surface area (Å²) in [5.74, 6) is 0.664. The molecule has 1 aromatic carbocycles. The second-order valence-electron chi connectivity index (χ2n) is 5.19. The monoisotopic (exact) mass is 301 g/mol. The number of alkyl halides is 3. The van der Waals surface area contributed by atoms with Gasteiger partial charge in [-0.15, -0.1) is 0 Å². The first-order valence-corrected chi connectivity index (χ1v) is 6.64. The van der Waals surface area contributed by atoms with E-state index in [0.717, 1.165) is 0 Å². The van der Waals surface area contributed by atoms with Crippen LogP contribution in [0.25, 0.3) is 0 Å². The van der Waals surface area contributed by atoms with Crippen LogP contribution >= 0.6 is 0 Å². The molecule has 0 aliphatic heterocycles. The van der Waals surface area contributed by atoms with Gasteiger partial charge < -0.3 is 15.8 Å². The van der Waals surface area contributed by atoms with E-state index in [4.69, 9.17) is 10.5 Å². The third kappa shape index (κ3) is 3.40. The lowest BCUT2D eigenvalue weighted by Gasteiger charge is -2.41. The van der Waals surface area contributed by atoms with E-state index in [2.05, 4.69) is 10.3 Å². The lowest BCUT2D eigenvalue weighted by molar-refractivity contribution is -0.245. The zero-order valence-corrected chi connectivity index (χ0v) is 11.7. The van der Waals surface area contributed by atoms with Crippen molar-refractivity contribution >= 4 is 11.6 Å². The van der Waals surface area contributed by atoms with Crippen LogP contribution in [-0.2, 0) is 0 Å². The van der Waals surface area contributed by atoms with E-state index in [9.17, 15) is 13.2 Å². The average Bonchev–Trinajstić information content (AvgIpc) is 2.36. The lowest BCUT2D eigenvalue weighted by Crippen LogP contribution is -2.46. The average molecular weight is 301 g/mol. The first-order valence-electron chi connectivity index (χ1n) is 6.64. The van der Waals surface area contributed by atoms with Crippen LogP contribution in [0.1, 0.15) is 19.3 Å². The molecule has 1 aliphatic rings. The molecule has 1 aliphatic carbocycles. The van der Waals surface area contributed by atoms with Crippen molar-refractivity contribution in [3.63, 3.8) is 0 Å². The molecule has 0 amide bonds. The number of halogens is 3. The summed E-state index contributed by atoms with van der Waals surface area (Å²) in [7, 11) is 1.55. The molecule has 2 rings (SSSR count). The Morgan fingerprint density at radius 1 is 1.33 bits per heavy atom. The molecular formula is C14H18F3N3O. The van der Waals surface area contributed by atoms with Crippen molar-refractivity contribution in [2.24, 2.45) is 16.1 Å². The van der Waals surface area contributed by atoms with Gasteiger partial charge in [0.2, 0.25) is 0 Å². The third-order valence-electron chi connectivity index (χ3n) is 3.83. The Hall–Kier alpha value is -1.92. The highest BCUT2D eigenvalue weighted by molar-refractivity contribution is 5.92. The molecule has 0 radical (unpaired) electrons. The predicted molar refractivity (Wildman–Crippen MR) is 75.4 cm³/mol. The van der Waals surface area contributed by atoms with Crippen molar-refractivity contribution in [2.75, 3.05) is 19.0 Å². The van der Waals surface area contributed by atoms with E-state index in [1.807, 2.05) is 0 Å². The van der Waals surface area contributed by atoms with Crippen molar-refractivity contribution in [1.82, 2.24) is 0 Å². The summed E-state index contributed by atoms with van der Waals surface area (Å²) < 4.78 is 43.9. The van der Waals surface area contributed by atoms with Gasteiger partial charge in [-0.3, -0.25) is 4.99 Å². The van der Waals surface area contributed by atoms with Crippen molar-refractivity contribution in [2.45, 2.75) is 25.4 Å². The van der Waals surface area contributed by atoms with Gasteiger partial charge in [-0.25, -0.2) is 0 Å². The van der Waals surface area contributed by atoms with Crippen LogP contribution in [0.3, 0.4) is 0 Å². The predicted octanol–water partition coefficient (Wildman–Crippen LogP) is 3.15. The number of nitrogens with zero attached hydrogens (tertiary/aromatic N) is 1. The SMILES string of the molecule is COc1ccc(NC(N)=NCC2(C(F)(F)F)CCC2)cc1. The van der Waals surface area contributed by atoms with Crippen LogP contribution in [-0.4, -0.2) is 25.8 Å². The van der Waals surface area contributed by atoms with Crippen molar-refractivity contribution in [3.05, 3.63) is 24.3 Å². The minimum atomic E-state index is -4.23. The number of guanidine groups is 1. The van der Waals surface area contributed by atoms with Gasteiger partial charge in [-0.2, -0.15) is 13.2 Å². The van der Waals surface area contributed by atoms with Crippen LogP contribution in [0, 0.1) is 5.41 Å². The summed E-state index contributed by atoms with van der Waals surface area (Å²) in [5, 5.41) is 2.77. The Morgan fingerprint density at radius 3 is 2.38 bits per heavy atom. The summed E-state index contributed by atoms with van der Waals surface area (Å²) >= 11 is 0. The highest BCUT2D eigenvalue weighted by atomic mass is 19.4. The highest BCUT2D eigenvalue weighted by Gasteiger charge is 2.58. The second kappa shape index (κ2) is 5.83. The molecule has 0 heterocycles. The minimum absolute atomic E-state index is 0.0179. The summed E-state index contributed by atoms with van der Waals surface area (Å²) in [6.07, 6.45) is -3.40. The number of ether oxygens (including phenoxy) is 1. The quantitative estimate of drug-likeness (QED) is 0.663. The number of nitrogens with two attached hydrogens (primary N) is 1. The normalized spacial score (nSPS) is 18.0. The minimum Gasteiger partial charge on any atom is -0.497 e. The van der Waals surface area contributed by atoms with E-state index < -0.39 is 11.6 Å². The van der Waals surface area contributed by atoms with Crippen LogP contribution < -0.4 is 15.8 Å². The number of hydrogen-bond donors (Lipinski definition) is 2. The summed E-state index contributed by atoms with van der Waals surface area (Å²) in [6.45, 7) is -0.328. The van der Waals surface area contributed by atoms with Gasteiger partial charge in [0, 0.05) is 5.69 Å². The van der Waals surface area contributed by atoms with E-state index in [-0.39, 0.29) is 25.3 Å². The summed E-state index contributed by atoms with van der Waals surface area (Å²) in [5.41, 5.74) is 4.60.